The van der Waals surface area contributed by atoms with Crippen LogP contribution in [0.15, 0.2) is 45.6 Å². The second-order valence-corrected chi connectivity index (χ2v) is 13.1. The molecule has 6 rings (SSSR count). The number of phenols is 2. The van der Waals surface area contributed by atoms with Gasteiger partial charge in [-0.15, -0.1) is 0 Å². The first-order valence-corrected chi connectivity index (χ1v) is 16.8. The van der Waals surface area contributed by atoms with Gasteiger partial charge in [0.05, 0.1) is 26.4 Å². The van der Waals surface area contributed by atoms with E-state index in [0.29, 0.717) is 5.75 Å². The molecule has 0 bridgehead atoms. The summed E-state index contributed by atoms with van der Waals surface area (Å²) in [7, 11) is 1.42. The minimum Gasteiger partial charge on any atom is -0.508 e. The SMILES string of the molecule is COc1ccc(-c2oc3cc(O)cc(O)c3c(=O)c2O[C@@H]2O[C@H](CO[C@@H]3O[C@@H](C)[C@H](O)[C@@H](O)[C@@H]3O)[C@@H](O)[C@H](O)[C@H]2O[C@@H]2O[C@H](CO)[C@@H](O)[C@H](O)[C@H]2O)cc1. The van der Waals surface area contributed by atoms with E-state index in [9.17, 15) is 61.0 Å². The summed E-state index contributed by atoms with van der Waals surface area (Å²) in [6.07, 6.45) is -25.9. The Morgan fingerprint density at radius 3 is 2.02 bits per heavy atom. The van der Waals surface area contributed by atoms with Crippen molar-refractivity contribution < 1.29 is 93.7 Å². The lowest BCUT2D eigenvalue weighted by atomic mass is 9.97. The summed E-state index contributed by atoms with van der Waals surface area (Å²) in [5.41, 5.74) is -1.07. The standard InChI is InChI=1S/C34H42O20/c1-11-20(38)24(42)27(45)32(49-11)48-10-18-22(40)26(44)31(54-33-28(46)25(43)21(39)17(9-35)51-33)34(52-18)53-30-23(41)19-15(37)7-13(36)8-16(19)50-29(30)12-3-5-14(47-2)6-4-12/h3-8,11,17-18,20-22,24-28,31-40,42-46H,9-10H2,1-2H3/t11-,17+,18+,20-,21+,22+,24+,25-,26-,27-,28+,31+,32+,33-,34-/m0/s1. The molecule has 0 spiro atoms. The second kappa shape index (κ2) is 16.2. The fraction of sp³-hybridized carbons (Fsp3) is 0.559. The lowest BCUT2D eigenvalue weighted by molar-refractivity contribution is -0.362. The molecule has 3 fully saturated rings. The summed E-state index contributed by atoms with van der Waals surface area (Å²) in [4.78, 5) is 14.1. The van der Waals surface area contributed by atoms with Gasteiger partial charge in [0.15, 0.2) is 24.4 Å². The average molecular weight is 771 g/mol. The second-order valence-electron chi connectivity index (χ2n) is 13.1. The molecule has 0 unspecified atom stereocenters. The molecule has 3 aliphatic rings. The van der Waals surface area contributed by atoms with Crippen molar-refractivity contribution in [3.63, 3.8) is 0 Å². The molecular weight excluding hydrogens is 728 g/mol. The van der Waals surface area contributed by atoms with Crippen molar-refractivity contribution in [1.82, 2.24) is 0 Å². The summed E-state index contributed by atoms with van der Waals surface area (Å²) in [5, 5.41) is 115. The van der Waals surface area contributed by atoms with Crippen molar-refractivity contribution >= 4 is 11.0 Å². The van der Waals surface area contributed by atoms with Gasteiger partial charge in [0.2, 0.25) is 17.5 Å². The highest BCUT2D eigenvalue weighted by Gasteiger charge is 2.52. The van der Waals surface area contributed by atoms with E-state index < -0.39 is 133 Å². The Bertz CT molecular complexity index is 1800. The maximum atomic E-state index is 14.1. The Hall–Kier alpha value is -3.71. The summed E-state index contributed by atoms with van der Waals surface area (Å²) in [5.74, 6) is -1.65. The Morgan fingerprint density at radius 2 is 1.35 bits per heavy atom. The number of hydrogen-bond acceptors (Lipinski definition) is 20. The van der Waals surface area contributed by atoms with Crippen molar-refractivity contribution in [2.75, 3.05) is 20.3 Å². The van der Waals surface area contributed by atoms with Crippen molar-refractivity contribution in [3.05, 3.63) is 46.6 Å². The van der Waals surface area contributed by atoms with Gasteiger partial charge in [-0.3, -0.25) is 4.79 Å². The lowest BCUT2D eigenvalue weighted by Gasteiger charge is -2.46. The molecule has 4 heterocycles. The maximum Gasteiger partial charge on any atom is 0.239 e. The van der Waals surface area contributed by atoms with Crippen LogP contribution in [0, 0.1) is 0 Å². The highest BCUT2D eigenvalue weighted by Crippen LogP contribution is 2.39. The molecule has 3 aliphatic heterocycles. The molecule has 3 saturated heterocycles. The van der Waals surface area contributed by atoms with Crippen molar-refractivity contribution in [2.24, 2.45) is 0 Å². The number of aliphatic hydroxyl groups excluding tert-OH is 9. The van der Waals surface area contributed by atoms with E-state index in [1.165, 1.54) is 38.3 Å². The molecule has 0 radical (unpaired) electrons. The predicted octanol–water partition coefficient (Wildman–Crippen LogP) is -3.27. The van der Waals surface area contributed by atoms with Crippen LogP contribution in [0.2, 0.25) is 0 Å². The van der Waals surface area contributed by atoms with Crippen LogP contribution in [0.5, 0.6) is 23.0 Å². The van der Waals surface area contributed by atoms with Crippen LogP contribution < -0.4 is 14.9 Å². The summed E-state index contributed by atoms with van der Waals surface area (Å²) in [6.45, 7) is -0.108. The number of phenolic OH excluding ortho intramolecular Hbond substituents is 2. The van der Waals surface area contributed by atoms with Gasteiger partial charge < -0.3 is 93.7 Å². The molecular formula is C34H42O20. The van der Waals surface area contributed by atoms with Gasteiger partial charge >= 0.3 is 0 Å². The fourth-order valence-electron chi connectivity index (χ4n) is 6.38. The Balaban J connectivity index is 1.39. The number of ether oxygens (including phenoxy) is 7. The average Bonchev–Trinajstić information content (AvgIpc) is 3.15. The quantitative estimate of drug-likeness (QED) is 0.0964. The van der Waals surface area contributed by atoms with Gasteiger partial charge in [-0.25, -0.2) is 0 Å². The van der Waals surface area contributed by atoms with Crippen LogP contribution in [-0.2, 0) is 23.7 Å². The maximum absolute atomic E-state index is 14.1. The topological polar surface area (TPSA) is 317 Å². The number of methoxy groups -OCH3 is 1. The van der Waals surface area contributed by atoms with E-state index in [1.807, 2.05) is 0 Å². The number of hydrogen-bond donors (Lipinski definition) is 11. The van der Waals surface area contributed by atoms with E-state index in [0.717, 1.165) is 12.1 Å². The Labute approximate surface area is 305 Å². The lowest BCUT2D eigenvalue weighted by Crippen LogP contribution is -2.65. The largest absolute Gasteiger partial charge is 0.508 e. The summed E-state index contributed by atoms with van der Waals surface area (Å²) >= 11 is 0. The van der Waals surface area contributed by atoms with Crippen LogP contribution in [0.25, 0.3) is 22.3 Å². The van der Waals surface area contributed by atoms with Gasteiger partial charge in [-0.2, -0.15) is 0 Å². The molecule has 11 N–H and O–H groups in total. The zero-order chi connectivity index (χ0) is 39.2. The third-order valence-electron chi connectivity index (χ3n) is 9.52. The van der Waals surface area contributed by atoms with E-state index in [1.54, 1.807) is 0 Å². The van der Waals surface area contributed by atoms with Crippen LogP contribution >= 0.6 is 0 Å². The van der Waals surface area contributed by atoms with E-state index in [4.69, 9.17) is 37.6 Å². The molecule has 3 aromatic rings. The van der Waals surface area contributed by atoms with Gasteiger partial charge in [0, 0.05) is 17.7 Å². The number of aromatic hydroxyl groups is 2. The van der Waals surface area contributed by atoms with Crippen LogP contribution in [0.3, 0.4) is 0 Å². The molecule has 298 valence electrons. The molecule has 0 amide bonds. The van der Waals surface area contributed by atoms with E-state index >= 15 is 0 Å². The van der Waals surface area contributed by atoms with Gasteiger partial charge in [-0.1, -0.05) is 0 Å². The molecule has 15 atom stereocenters. The highest BCUT2D eigenvalue weighted by atomic mass is 16.8. The van der Waals surface area contributed by atoms with Crippen molar-refractivity contribution in [3.8, 4) is 34.3 Å². The first kappa shape index (κ1) is 40.0. The molecule has 0 aliphatic carbocycles. The van der Waals surface area contributed by atoms with Crippen molar-refractivity contribution in [1.29, 1.82) is 0 Å². The molecule has 0 saturated carbocycles. The number of rotatable bonds is 10. The first-order valence-electron chi connectivity index (χ1n) is 16.8. The highest BCUT2D eigenvalue weighted by molar-refractivity contribution is 5.88. The van der Waals surface area contributed by atoms with Gasteiger partial charge in [0.25, 0.3) is 0 Å². The van der Waals surface area contributed by atoms with Crippen molar-refractivity contribution in [2.45, 2.75) is 99.0 Å². The minimum absolute atomic E-state index is 0.202. The third kappa shape index (κ3) is 7.59. The van der Waals surface area contributed by atoms with Gasteiger partial charge in [-0.05, 0) is 31.2 Å². The fourth-order valence-corrected chi connectivity index (χ4v) is 6.38. The molecule has 20 heteroatoms. The first-order chi connectivity index (χ1) is 25.6. The van der Waals surface area contributed by atoms with Crippen LogP contribution in [0.1, 0.15) is 6.92 Å². The van der Waals surface area contributed by atoms with Gasteiger partial charge in [0.1, 0.15) is 89.3 Å². The Kier molecular flexibility index (Phi) is 12.0. The van der Waals surface area contributed by atoms with Crippen LogP contribution in [-0.4, -0.2) is 169 Å². The smallest absolute Gasteiger partial charge is 0.239 e. The number of benzene rings is 2. The zero-order valence-electron chi connectivity index (χ0n) is 28.6. The number of aliphatic hydroxyl groups is 9. The molecule has 20 nitrogen and oxygen atoms in total. The number of fused-ring (bicyclic) bond motifs is 1. The zero-order valence-corrected chi connectivity index (χ0v) is 28.6. The minimum atomic E-state index is -2.05. The third-order valence-corrected chi connectivity index (χ3v) is 9.52. The normalized spacial score (nSPS) is 37.3. The van der Waals surface area contributed by atoms with E-state index in [-0.39, 0.29) is 16.9 Å². The summed E-state index contributed by atoms with van der Waals surface area (Å²) in [6, 6.07) is 7.97. The molecule has 2 aromatic carbocycles. The monoisotopic (exact) mass is 770 g/mol. The van der Waals surface area contributed by atoms with Crippen LogP contribution in [0.4, 0.5) is 0 Å². The Morgan fingerprint density at radius 1 is 0.722 bits per heavy atom. The summed E-state index contributed by atoms with van der Waals surface area (Å²) < 4.78 is 45.5. The molecule has 54 heavy (non-hydrogen) atoms. The predicted molar refractivity (Wildman–Crippen MR) is 176 cm³/mol. The van der Waals surface area contributed by atoms with E-state index in [2.05, 4.69) is 0 Å². The molecule has 1 aromatic heterocycles.